The Morgan fingerprint density at radius 3 is 2.50 bits per heavy atom. The Balaban J connectivity index is 1.71. The van der Waals surface area contributed by atoms with Crippen molar-refractivity contribution in [1.82, 2.24) is 5.32 Å². The van der Waals surface area contributed by atoms with Crippen molar-refractivity contribution in [2.45, 2.75) is 63.7 Å². The van der Waals surface area contributed by atoms with Gasteiger partial charge in [0.1, 0.15) is 23.7 Å². The standard InChI is InChI=1S/C23H29NO4/c1-23(2,3)15-12-13-19(25)17(14-15)22(27)24-18-10-7-11-20(21(18)26)28-16-8-5-4-6-9-16/h4-6,8-9,12-14,18,20-21,25-26H,7,10-11H2,1-3H3,(H,24,27)/t18-,20-,21-/m1/s1. The molecule has 1 saturated carbocycles. The van der Waals surface area contributed by atoms with Gasteiger partial charge in [-0.1, -0.05) is 45.0 Å². The van der Waals surface area contributed by atoms with Crippen LogP contribution in [-0.2, 0) is 5.41 Å². The summed E-state index contributed by atoms with van der Waals surface area (Å²) in [6.07, 6.45) is 1.05. The lowest BCUT2D eigenvalue weighted by Crippen LogP contribution is -2.52. The number of carbonyl (C=O) groups excluding carboxylic acids is 1. The molecule has 0 saturated heterocycles. The van der Waals surface area contributed by atoms with Gasteiger partial charge in [-0.2, -0.15) is 0 Å². The molecule has 3 N–H and O–H groups in total. The first-order chi connectivity index (χ1) is 13.3. The molecule has 3 rings (SSSR count). The van der Waals surface area contributed by atoms with Crippen molar-refractivity contribution >= 4 is 5.91 Å². The maximum Gasteiger partial charge on any atom is 0.255 e. The van der Waals surface area contributed by atoms with Crippen molar-refractivity contribution < 1.29 is 19.7 Å². The molecule has 0 bridgehead atoms. The fourth-order valence-corrected chi connectivity index (χ4v) is 3.53. The van der Waals surface area contributed by atoms with E-state index in [2.05, 4.69) is 26.1 Å². The molecule has 0 unspecified atom stereocenters. The van der Waals surface area contributed by atoms with E-state index in [-0.39, 0.29) is 28.7 Å². The average Bonchev–Trinajstić information content (AvgIpc) is 2.65. The largest absolute Gasteiger partial charge is 0.507 e. The number of rotatable bonds is 4. The average molecular weight is 383 g/mol. The van der Waals surface area contributed by atoms with E-state index >= 15 is 0 Å². The molecule has 1 aliphatic carbocycles. The van der Waals surface area contributed by atoms with Gasteiger partial charge in [0.05, 0.1) is 11.6 Å². The van der Waals surface area contributed by atoms with E-state index in [4.69, 9.17) is 4.74 Å². The Morgan fingerprint density at radius 1 is 1.11 bits per heavy atom. The number of aliphatic hydroxyl groups excluding tert-OH is 1. The van der Waals surface area contributed by atoms with Gasteiger partial charge in [0.15, 0.2) is 0 Å². The van der Waals surface area contributed by atoms with Crippen molar-refractivity contribution in [1.29, 1.82) is 0 Å². The Bertz CT molecular complexity index is 813. The fraction of sp³-hybridized carbons (Fsp3) is 0.435. The van der Waals surface area contributed by atoms with Gasteiger partial charge in [-0.25, -0.2) is 0 Å². The van der Waals surface area contributed by atoms with Crippen LogP contribution in [0.15, 0.2) is 48.5 Å². The van der Waals surface area contributed by atoms with Crippen LogP contribution in [0, 0.1) is 0 Å². The zero-order chi connectivity index (χ0) is 20.3. The smallest absolute Gasteiger partial charge is 0.255 e. The van der Waals surface area contributed by atoms with Crippen LogP contribution in [0.4, 0.5) is 0 Å². The number of phenolic OH excluding ortho intramolecular Hbond substituents is 1. The summed E-state index contributed by atoms with van der Waals surface area (Å²) in [5, 5.41) is 23.8. The number of carbonyl (C=O) groups is 1. The number of aromatic hydroxyl groups is 1. The SMILES string of the molecule is CC(C)(C)c1ccc(O)c(C(=O)N[C@@H]2CCC[C@@H](Oc3ccccc3)[C@@H]2O)c1. The number of amides is 1. The molecule has 2 aromatic carbocycles. The summed E-state index contributed by atoms with van der Waals surface area (Å²) in [4.78, 5) is 12.8. The van der Waals surface area contributed by atoms with E-state index in [1.54, 1.807) is 12.1 Å². The second-order valence-electron chi connectivity index (χ2n) is 8.45. The molecule has 0 aliphatic heterocycles. The third-order valence-corrected chi connectivity index (χ3v) is 5.25. The van der Waals surface area contributed by atoms with Crippen LogP contribution in [0.3, 0.4) is 0 Å². The molecule has 1 amide bonds. The monoisotopic (exact) mass is 383 g/mol. The van der Waals surface area contributed by atoms with Gasteiger partial charge < -0.3 is 20.3 Å². The van der Waals surface area contributed by atoms with E-state index in [9.17, 15) is 15.0 Å². The second kappa shape index (κ2) is 8.23. The van der Waals surface area contributed by atoms with Gasteiger partial charge in [-0.15, -0.1) is 0 Å². The van der Waals surface area contributed by atoms with Gasteiger partial charge >= 0.3 is 0 Å². The lowest BCUT2D eigenvalue weighted by Gasteiger charge is -2.35. The molecule has 2 aromatic rings. The summed E-state index contributed by atoms with van der Waals surface area (Å²) in [6.45, 7) is 6.16. The molecule has 28 heavy (non-hydrogen) atoms. The molecule has 1 aliphatic rings. The Morgan fingerprint density at radius 2 is 1.82 bits per heavy atom. The van der Waals surface area contributed by atoms with E-state index in [0.717, 1.165) is 18.4 Å². The van der Waals surface area contributed by atoms with Crippen LogP contribution in [0.25, 0.3) is 0 Å². The first-order valence-electron chi connectivity index (χ1n) is 9.80. The number of hydrogen-bond donors (Lipinski definition) is 3. The molecule has 0 spiro atoms. The second-order valence-corrected chi connectivity index (χ2v) is 8.45. The topological polar surface area (TPSA) is 78.8 Å². The lowest BCUT2D eigenvalue weighted by atomic mass is 9.85. The summed E-state index contributed by atoms with van der Waals surface area (Å²) in [5.74, 6) is 0.259. The summed E-state index contributed by atoms with van der Waals surface area (Å²) in [6, 6.07) is 14.1. The van der Waals surface area contributed by atoms with Crippen LogP contribution in [-0.4, -0.2) is 34.4 Å². The number of aliphatic hydroxyl groups is 1. The minimum atomic E-state index is -0.814. The van der Waals surface area contributed by atoms with Crippen molar-refractivity contribution in [2.75, 3.05) is 0 Å². The van der Waals surface area contributed by atoms with E-state index < -0.39 is 12.1 Å². The minimum absolute atomic E-state index is 0.0621. The molecule has 1 fully saturated rings. The summed E-state index contributed by atoms with van der Waals surface area (Å²) in [7, 11) is 0. The normalized spacial score (nSPS) is 22.5. The fourth-order valence-electron chi connectivity index (χ4n) is 3.53. The predicted molar refractivity (Wildman–Crippen MR) is 109 cm³/mol. The van der Waals surface area contributed by atoms with E-state index in [0.29, 0.717) is 12.2 Å². The highest BCUT2D eigenvalue weighted by molar-refractivity contribution is 5.97. The Hall–Kier alpha value is -2.53. The number of para-hydroxylation sites is 1. The third kappa shape index (κ3) is 4.65. The van der Waals surface area contributed by atoms with Gasteiger partial charge in [0.2, 0.25) is 0 Å². The van der Waals surface area contributed by atoms with E-state index in [1.807, 2.05) is 36.4 Å². The van der Waals surface area contributed by atoms with Crippen molar-refractivity contribution in [3.05, 3.63) is 59.7 Å². The van der Waals surface area contributed by atoms with Crippen LogP contribution >= 0.6 is 0 Å². The van der Waals surface area contributed by atoms with Crippen LogP contribution in [0.5, 0.6) is 11.5 Å². The number of phenols is 1. The quantitative estimate of drug-likeness (QED) is 0.751. The molecule has 0 radical (unpaired) electrons. The predicted octanol–water partition coefficient (Wildman–Crippen LogP) is 3.78. The van der Waals surface area contributed by atoms with Crippen molar-refractivity contribution in [2.24, 2.45) is 0 Å². The maximum absolute atomic E-state index is 12.8. The Kier molecular flexibility index (Phi) is 5.94. The maximum atomic E-state index is 12.8. The molecule has 0 heterocycles. The number of benzene rings is 2. The van der Waals surface area contributed by atoms with Gasteiger partial charge in [0.25, 0.3) is 5.91 Å². The molecule has 150 valence electrons. The molecule has 5 heteroatoms. The van der Waals surface area contributed by atoms with Crippen LogP contribution in [0.2, 0.25) is 0 Å². The lowest BCUT2D eigenvalue weighted by molar-refractivity contribution is -0.0140. The Labute approximate surface area is 166 Å². The third-order valence-electron chi connectivity index (χ3n) is 5.25. The van der Waals surface area contributed by atoms with E-state index in [1.165, 1.54) is 0 Å². The van der Waals surface area contributed by atoms with Crippen LogP contribution in [0.1, 0.15) is 56.0 Å². The first kappa shape index (κ1) is 20.2. The molecular formula is C23H29NO4. The molecule has 5 nitrogen and oxygen atoms in total. The summed E-state index contributed by atoms with van der Waals surface area (Å²) >= 11 is 0. The zero-order valence-electron chi connectivity index (χ0n) is 16.7. The summed E-state index contributed by atoms with van der Waals surface area (Å²) in [5.41, 5.74) is 1.05. The highest BCUT2D eigenvalue weighted by Crippen LogP contribution is 2.29. The number of ether oxygens (including phenoxy) is 1. The zero-order valence-corrected chi connectivity index (χ0v) is 16.7. The molecule has 3 atom stereocenters. The minimum Gasteiger partial charge on any atom is -0.507 e. The number of hydrogen-bond acceptors (Lipinski definition) is 4. The molecule has 0 aromatic heterocycles. The van der Waals surface area contributed by atoms with Gasteiger partial charge in [-0.05, 0) is 54.5 Å². The van der Waals surface area contributed by atoms with Gasteiger partial charge in [0, 0.05) is 0 Å². The van der Waals surface area contributed by atoms with Crippen LogP contribution < -0.4 is 10.1 Å². The highest BCUT2D eigenvalue weighted by Gasteiger charge is 2.35. The first-order valence-corrected chi connectivity index (χ1v) is 9.80. The van der Waals surface area contributed by atoms with Crippen molar-refractivity contribution in [3.8, 4) is 11.5 Å². The summed E-state index contributed by atoms with van der Waals surface area (Å²) < 4.78 is 5.92. The van der Waals surface area contributed by atoms with Crippen molar-refractivity contribution in [3.63, 3.8) is 0 Å². The number of nitrogens with one attached hydrogen (secondary N) is 1. The van der Waals surface area contributed by atoms with Gasteiger partial charge in [-0.3, -0.25) is 4.79 Å². The highest BCUT2D eigenvalue weighted by atomic mass is 16.5. The molecular weight excluding hydrogens is 354 g/mol.